The molecule has 276 valence electrons. The fraction of sp³-hybridized carbons (Fsp3) is 0.576. The van der Waals surface area contributed by atoms with Crippen LogP contribution in [0.3, 0.4) is 0 Å². The third-order valence-corrected chi connectivity index (χ3v) is 10.8. The third kappa shape index (κ3) is 10.0. The Kier molecular flexibility index (Phi) is 13.4. The zero-order valence-corrected chi connectivity index (χ0v) is 29.5. The van der Waals surface area contributed by atoms with Crippen molar-refractivity contribution in [2.75, 3.05) is 47.1 Å². The van der Waals surface area contributed by atoms with Crippen LogP contribution in [0.4, 0.5) is 4.79 Å². The first kappa shape index (κ1) is 38.8. The number of aliphatic imine (C=N–C) groups is 1. The molecule has 2 saturated heterocycles. The minimum Gasteiger partial charge on any atom is -0.497 e. The van der Waals surface area contributed by atoms with Gasteiger partial charge in [-0.25, -0.2) is 28.3 Å². The van der Waals surface area contributed by atoms with Crippen molar-refractivity contribution in [2.24, 2.45) is 16.3 Å². The maximum atomic E-state index is 14.3. The molecule has 0 spiro atoms. The van der Waals surface area contributed by atoms with Crippen LogP contribution >= 0.6 is 0 Å². The van der Waals surface area contributed by atoms with Gasteiger partial charge in [-0.15, -0.1) is 0 Å². The van der Waals surface area contributed by atoms with E-state index in [0.717, 1.165) is 5.56 Å². The molecule has 5 atom stereocenters. The second kappa shape index (κ2) is 17.3. The number of nitrogens with zero attached hydrogens (tertiary/aromatic N) is 4. The molecule has 0 radical (unpaired) electrons. The first-order chi connectivity index (χ1) is 23.8. The van der Waals surface area contributed by atoms with Gasteiger partial charge in [0.15, 0.2) is 11.3 Å². The molecule has 0 aliphatic carbocycles. The average molecular weight is 722 g/mol. The highest BCUT2D eigenvalue weighted by Crippen LogP contribution is 2.36. The Bertz CT molecular complexity index is 1560. The van der Waals surface area contributed by atoms with E-state index in [4.69, 9.17) is 18.9 Å². The molecule has 50 heavy (non-hydrogen) atoms. The minimum atomic E-state index is -4.23. The highest BCUT2D eigenvalue weighted by molar-refractivity contribution is 7.89. The number of amides is 1. The number of methoxy groups -OCH3 is 2. The summed E-state index contributed by atoms with van der Waals surface area (Å²) in [6.45, 7) is 3.98. The summed E-state index contributed by atoms with van der Waals surface area (Å²) in [5.74, 6) is 0.239. The molecule has 2 aliphatic heterocycles. The van der Waals surface area contributed by atoms with E-state index >= 15 is 0 Å². The number of sulfonamides is 1. The van der Waals surface area contributed by atoms with Gasteiger partial charge in [-0.2, -0.15) is 4.31 Å². The van der Waals surface area contributed by atoms with Gasteiger partial charge in [0.25, 0.3) is 0 Å². The summed E-state index contributed by atoms with van der Waals surface area (Å²) in [6, 6.07) is 13.2. The fourth-order valence-electron chi connectivity index (χ4n) is 6.53. The van der Waals surface area contributed by atoms with Gasteiger partial charge in [0.2, 0.25) is 10.0 Å². The summed E-state index contributed by atoms with van der Waals surface area (Å²) in [5, 5.41) is 32.6. The quantitative estimate of drug-likeness (QED) is 0.0710. The van der Waals surface area contributed by atoms with Crippen LogP contribution in [-0.2, 0) is 30.7 Å². The van der Waals surface area contributed by atoms with E-state index in [1.54, 1.807) is 0 Å². The average Bonchev–Trinajstić information content (AvgIpc) is 3.71. The highest BCUT2D eigenvalue weighted by atomic mass is 32.2. The molecular formula is C33H47N5O11S. The second-order valence-corrected chi connectivity index (χ2v) is 15.0. The molecule has 0 saturated carbocycles. The summed E-state index contributed by atoms with van der Waals surface area (Å²) in [7, 11) is -1.50. The lowest BCUT2D eigenvalue weighted by atomic mass is 9.87. The minimum absolute atomic E-state index is 0.0219. The van der Waals surface area contributed by atoms with Crippen LogP contribution in [0.1, 0.15) is 38.7 Å². The summed E-state index contributed by atoms with van der Waals surface area (Å²) in [4.78, 5) is 29.0. The number of rotatable bonds is 17. The number of nitrogens with one attached hydrogen (secondary N) is 1. The van der Waals surface area contributed by atoms with Crippen molar-refractivity contribution >= 4 is 22.1 Å². The summed E-state index contributed by atoms with van der Waals surface area (Å²) < 4.78 is 51.3. The number of hydrogen-bond acceptors (Lipinski definition) is 11. The van der Waals surface area contributed by atoms with Gasteiger partial charge in [-0.05, 0) is 60.9 Å². The molecule has 2 heterocycles. The van der Waals surface area contributed by atoms with Crippen molar-refractivity contribution in [3.63, 3.8) is 0 Å². The van der Waals surface area contributed by atoms with Gasteiger partial charge in [0.1, 0.15) is 5.75 Å². The maximum absolute atomic E-state index is 14.3. The Morgan fingerprint density at radius 1 is 1.16 bits per heavy atom. The van der Waals surface area contributed by atoms with E-state index in [1.165, 1.54) is 47.7 Å². The van der Waals surface area contributed by atoms with Crippen LogP contribution in [0.15, 0.2) is 64.5 Å². The van der Waals surface area contributed by atoms with Gasteiger partial charge in [0, 0.05) is 25.6 Å². The molecule has 2 aromatic carbocycles. The van der Waals surface area contributed by atoms with Crippen LogP contribution in [0.25, 0.3) is 0 Å². The number of benzene rings is 2. The van der Waals surface area contributed by atoms with Crippen LogP contribution < -0.4 is 10.2 Å². The van der Waals surface area contributed by atoms with Crippen molar-refractivity contribution in [1.29, 1.82) is 0 Å². The van der Waals surface area contributed by atoms with Crippen LogP contribution in [-0.4, -0.2) is 117 Å². The lowest BCUT2D eigenvalue weighted by Crippen LogP contribution is -2.58. The zero-order valence-electron chi connectivity index (χ0n) is 28.7. The normalized spacial score (nSPS) is 20.6. The zero-order chi connectivity index (χ0) is 36.5. The van der Waals surface area contributed by atoms with Crippen molar-refractivity contribution in [3.05, 3.63) is 70.3 Å². The monoisotopic (exact) mass is 721 g/mol. The Morgan fingerprint density at radius 2 is 1.86 bits per heavy atom. The Labute approximate surface area is 292 Å². The predicted molar refractivity (Wildman–Crippen MR) is 182 cm³/mol. The van der Waals surface area contributed by atoms with E-state index in [0.29, 0.717) is 31.6 Å². The summed E-state index contributed by atoms with van der Waals surface area (Å²) in [6.07, 6.45) is -1.62. The van der Waals surface area contributed by atoms with E-state index in [9.17, 15) is 33.5 Å². The number of carbonyl (C=O) groups is 1. The smallest absolute Gasteiger partial charge is 0.407 e. The second-order valence-electron chi connectivity index (χ2n) is 13.1. The molecular weight excluding hydrogens is 674 g/mol. The number of ether oxygens (including phenoxy) is 4. The van der Waals surface area contributed by atoms with Gasteiger partial charge in [-0.1, -0.05) is 49.6 Å². The number of hydrazine groups is 1. The predicted octanol–water partition coefficient (Wildman–Crippen LogP) is 2.99. The Balaban J connectivity index is 1.65. The molecule has 2 fully saturated rings. The van der Waals surface area contributed by atoms with Crippen molar-refractivity contribution in [2.45, 2.75) is 68.9 Å². The van der Waals surface area contributed by atoms with Crippen molar-refractivity contribution < 1.29 is 47.4 Å². The number of carboxylic acid groups (broad SMARTS) is 1. The van der Waals surface area contributed by atoms with Crippen molar-refractivity contribution in [1.82, 2.24) is 14.6 Å². The van der Waals surface area contributed by atoms with Gasteiger partial charge < -0.3 is 29.2 Å². The molecule has 17 heteroatoms. The van der Waals surface area contributed by atoms with E-state index in [2.05, 4.69) is 4.99 Å². The van der Waals surface area contributed by atoms with Crippen LogP contribution in [0, 0.1) is 21.4 Å². The van der Waals surface area contributed by atoms with Gasteiger partial charge >= 0.3 is 12.1 Å². The topological polar surface area (TPSA) is 203 Å². The molecule has 3 N–H and O–H groups in total. The molecule has 2 aromatic rings. The van der Waals surface area contributed by atoms with Crippen LogP contribution in [0.5, 0.6) is 5.75 Å². The Morgan fingerprint density at radius 3 is 2.48 bits per heavy atom. The lowest BCUT2D eigenvalue weighted by molar-refractivity contribution is -0.527. The largest absolute Gasteiger partial charge is 0.497 e. The summed E-state index contributed by atoms with van der Waals surface area (Å²) in [5.41, 5.74) is 1.97. The van der Waals surface area contributed by atoms with Crippen LogP contribution in [0.2, 0.25) is 0 Å². The molecule has 1 amide bonds. The first-order valence-electron chi connectivity index (χ1n) is 16.4. The number of aliphatic hydroxyl groups is 1. The first-order valence-corrected chi connectivity index (χ1v) is 17.8. The number of nitro groups is 1. The van der Waals surface area contributed by atoms with E-state index < -0.39 is 57.6 Å². The van der Waals surface area contributed by atoms with Crippen molar-refractivity contribution in [3.8, 4) is 5.75 Å². The fourth-order valence-corrected chi connectivity index (χ4v) is 8.17. The molecule has 2 aliphatic rings. The number of amidine groups is 1. The summed E-state index contributed by atoms with van der Waals surface area (Å²) >= 11 is 0. The number of fused-ring (bicyclic) bond motifs is 1. The van der Waals surface area contributed by atoms with E-state index in [1.807, 2.05) is 49.6 Å². The van der Waals surface area contributed by atoms with E-state index in [-0.39, 0.29) is 43.0 Å². The Hall–Kier alpha value is -4.03. The highest BCUT2D eigenvalue weighted by Gasteiger charge is 2.49. The molecule has 4 rings (SSSR count). The maximum Gasteiger partial charge on any atom is 0.407 e. The van der Waals surface area contributed by atoms with Gasteiger partial charge in [-0.3, -0.25) is 4.90 Å². The molecule has 0 unspecified atom stereocenters. The van der Waals surface area contributed by atoms with Gasteiger partial charge in [0.05, 0.1) is 50.5 Å². The lowest BCUT2D eigenvalue weighted by Gasteiger charge is -2.40. The molecule has 0 bridgehead atoms. The molecule has 0 aromatic heterocycles. The number of hydrogen-bond donors (Lipinski definition) is 3. The third-order valence-electron chi connectivity index (χ3n) is 9.02. The standard InChI is InChI=1S/C33H47N5O11S/c1-33(2,16-8-17-34-31(47-4)35-38(42)43)22-36(50(44,45)25-13-11-24(46-3)12-14-25)20-29(39)27(19-23-9-6-5-7-10-23)37(32(40)41)28-21-49-30-26(28)15-18-48-30/h5-7,9-14,26-30,39H,8,15-22H2,1-4H3,(H,34,35)(H,40,41)/t26-,27-,28-,29+,30+/m0/s1. The molecule has 16 nitrogen and oxygen atoms in total. The SMILES string of the molecule is COC(=NCCCC(C)(C)CN(C[C@@H](O)[C@H](Cc1ccccc1)N(C(=O)O)[C@H]1CO[C@H]2OCC[C@H]21)S(=O)(=O)c1ccc(OC)cc1)N[N+](=O)[O-]. The number of aliphatic hydroxyl groups excluding tert-OH is 1.